The van der Waals surface area contributed by atoms with Crippen molar-refractivity contribution in [1.29, 1.82) is 0 Å². The monoisotopic (exact) mass is 319 g/mol. The summed E-state index contributed by atoms with van der Waals surface area (Å²) in [6.45, 7) is 4.10. The van der Waals surface area contributed by atoms with Crippen LogP contribution in [0.2, 0.25) is 0 Å². The van der Waals surface area contributed by atoms with Gasteiger partial charge in [-0.1, -0.05) is 6.07 Å². The minimum absolute atomic E-state index is 0.0241. The maximum Gasteiger partial charge on any atom is 0.225 e. The van der Waals surface area contributed by atoms with Gasteiger partial charge < -0.3 is 14.8 Å². The number of hydrogen-bond acceptors (Lipinski definition) is 4. The molecule has 0 saturated heterocycles. The van der Waals surface area contributed by atoms with Gasteiger partial charge >= 0.3 is 0 Å². The zero-order valence-electron chi connectivity index (χ0n) is 13.4. The molecule has 0 radical (unpaired) electrons. The lowest BCUT2D eigenvalue weighted by Gasteiger charge is -2.09. The van der Waals surface area contributed by atoms with E-state index in [9.17, 15) is 4.79 Å². The first-order valence-corrected chi connectivity index (χ1v) is 7.93. The molecular weight excluding hydrogens is 298 g/mol. The Morgan fingerprint density at radius 2 is 1.86 bits per heavy atom. The molecule has 0 atom stereocenters. The summed E-state index contributed by atoms with van der Waals surface area (Å²) < 4.78 is 10.5. The summed E-state index contributed by atoms with van der Waals surface area (Å²) in [5, 5.41) is 3.86. The Morgan fingerprint density at radius 1 is 1.14 bits per heavy atom. The topological polar surface area (TPSA) is 47.6 Å². The molecule has 1 heterocycles. The summed E-state index contributed by atoms with van der Waals surface area (Å²) in [6, 6.07) is 7.73. The van der Waals surface area contributed by atoms with Gasteiger partial charge in [-0.05, 0) is 49.6 Å². The largest absolute Gasteiger partial charge is 0.493 e. The van der Waals surface area contributed by atoms with E-state index in [2.05, 4.69) is 12.2 Å². The van der Waals surface area contributed by atoms with Gasteiger partial charge in [-0.15, -0.1) is 11.3 Å². The Kier molecular flexibility index (Phi) is 5.44. The standard InChI is InChI=1S/C17H21NO3S/c1-11-9-17(22-12(11)2)18-16(19)8-6-13-5-7-14(20-3)15(10-13)21-4/h5,7,9-10H,6,8H2,1-4H3,(H,18,19). The predicted octanol–water partition coefficient (Wildman–Crippen LogP) is 3.95. The van der Waals surface area contributed by atoms with Crippen molar-refractivity contribution >= 4 is 22.2 Å². The van der Waals surface area contributed by atoms with Crippen LogP contribution in [0.25, 0.3) is 0 Å². The molecule has 0 aliphatic carbocycles. The van der Waals surface area contributed by atoms with Crippen molar-refractivity contribution in [2.75, 3.05) is 19.5 Å². The quantitative estimate of drug-likeness (QED) is 0.877. The first-order chi connectivity index (χ1) is 10.5. The minimum Gasteiger partial charge on any atom is -0.493 e. The summed E-state index contributed by atoms with van der Waals surface area (Å²) in [7, 11) is 3.21. The zero-order chi connectivity index (χ0) is 16.1. The maximum absolute atomic E-state index is 12.0. The van der Waals surface area contributed by atoms with Crippen LogP contribution in [0.1, 0.15) is 22.4 Å². The van der Waals surface area contributed by atoms with Crippen molar-refractivity contribution in [2.45, 2.75) is 26.7 Å². The van der Waals surface area contributed by atoms with Gasteiger partial charge in [0.05, 0.1) is 19.2 Å². The fourth-order valence-electron chi connectivity index (χ4n) is 2.13. The first kappa shape index (κ1) is 16.4. The maximum atomic E-state index is 12.0. The highest BCUT2D eigenvalue weighted by atomic mass is 32.1. The van der Waals surface area contributed by atoms with Gasteiger partial charge in [-0.2, -0.15) is 0 Å². The van der Waals surface area contributed by atoms with Crippen LogP contribution >= 0.6 is 11.3 Å². The number of carbonyl (C=O) groups is 1. The Bertz CT molecular complexity index is 644. The van der Waals surface area contributed by atoms with Crippen molar-refractivity contribution < 1.29 is 14.3 Å². The summed E-state index contributed by atoms with van der Waals surface area (Å²) in [4.78, 5) is 13.3. The smallest absolute Gasteiger partial charge is 0.225 e. The number of rotatable bonds is 6. The van der Waals surface area contributed by atoms with Crippen molar-refractivity contribution in [3.63, 3.8) is 0 Å². The average Bonchev–Trinajstić information content (AvgIpc) is 2.82. The van der Waals surface area contributed by atoms with Crippen LogP contribution in [0.15, 0.2) is 24.3 Å². The van der Waals surface area contributed by atoms with E-state index in [0.29, 0.717) is 24.3 Å². The third-order valence-corrected chi connectivity index (χ3v) is 4.59. The third-order valence-electron chi connectivity index (χ3n) is 3.52. The van der Waals surface area contributed by atoms with Crippen LogP contribution in [0.4, 0.5) is 5.00 Å². The van der Waals surface area contributed by atoms with Gasteiger partial charge in [-0.3, -0.25) is 4.79 Å². The van der Waals surface area contributed by atoms with Crippen molar-refractivity contribution in [3.8, 4) is 11.5 Å². The lowest BCUT2D eigenvalue weighted by atomic mass is 10.1. The molecule has 22 heavy (non-hydrogen) atoms. The number of anilines is 1. The van der Waals surface area contributed by atoms with Crippen molar-refractivity contribution in [2.24, 2.45) is 0 Å². The lowest BCUT2D eigenvalue weighted by Crippen LogP contribution is -2.11. The number of hydrogen-bond donors (Lipinski definition) is 1. The van der Waals surface area contributed by atoms with Gasteiger partial charge in [0.25, 0.3) is 0 Å². The van der Waals surface area contributed by atoms with Gasteiger partial charge in [0, 0.05) is 11.3 Å². The number of amides is 1. The van der Waals surface area contributed by atoms with Crippen LogP contribution in [-0.2, 0) is 11.2 Å². The molecule has 0 bridgehead atoms. The van der Waals surface area contributed by atoms with E-state index in [4.69, 9.17) is 9.47 Å². The van der Waals surface area contributed by atoms with Crippen molar-refractivity contribution in [1.82, 2.24) is 0 Å². The molecule has 2 rings (SSSR count). The summed E-state index contributed by atoms with van der Waals surface area (Å²) in [5.74, 6) is 1.40. The molecule has 118 valence electrons. The van der Waals surface area contributed by atoms with E-state index in [0.717, 1.165) is 10.6 Å². The number of methoxy groups -OCH3 is 2. The Labute approximate surface area is 135 Å². The molecule has 2 aromatic rings. The van der Waals surface area contributed by atoms with Crippen LogP contribution in [0.3, 0.4) is 0 Å². The van der Waals surface area contributed by atoms with Crippen molar-refractivity contribution in [3.05, 3.63) is 40.3 Å². The SMILES string of the molecule is COc1ccc(CCC(=O)Nc2cc(C)c(C)s2)cc1OC. The van der Waals surface area contributed by atoms with Gasteiger partial charge in [0.15, 0.2) is 11.5 Å². The minimum atomic E-state index is 0.0241. The molecule has 0 aliphatic heterocycles. The number of aryl methyl sites for hydroxylation is 3. The number of thiophene rings is 1. The molecule has 0 aliphatic rings. The normalized spacial score (nSPS) is 10.4. The second-order valence-electron chi connectivity index (χ2n) is 5.09. The number of nitrogens with one attached hydrogen (secondary N) is 1. The molecular formula is C17H21NO3S. The molecule has 0 spiro atoms. The molecule has 1 amide bonds. The van der Waals surface area contributed by atoms with E-state index in [-0.39, 0.29) is 5.91 Å². The van der Waals surface area contributed by atoms with Crippen LogP contribution < -0.4 is 14.8 Å². The fourth-order valence-corrected chi connectivity index (χ4v) is 3.08. The van der Waals surface area contributed by atoms with E-state index in [1.807, 2.05) is 31.2 Å². The number of benzene rings is 1. The second kappa shape index (κ2) is 7.31. The highest BCUT2D eigenvalue weighted by molar-refractivity contribution is 7.16. The molecule has 0 unspecified atom stereocenters. The van der Waals surface area contributed by atoms with E-state index in [1.165, 1.54) is 10.4 Å². The van der Waals surface area contributed by atoms with E-state index in [1.54, 1.807) is 25.6 Å². The Morgan fingerprint density at radius 3 is 2.45 bits per heavy atom. The summed E-state index contributed by atoms with van der Waals surface area (Å²) >= 11 is 1.61. The van der Waals surface area contributed by atoms with E-state index >= 15 is 0 Å². The third kappa shape index (κ3) is 4.01. The fraction of sp³-hybridized carbons (Fsp3) is 0.353. The molecule has 1 N–H and O–H groups in total. The molecule has 5 heteroatoms. The first-order valence-electron chi connectivity index (χ1n) is 7.11. The second-order valence-corrected chi connectivity index (χ2v) is 6.34. The highest BCUT2D eigenvalue weighted by Gasteiger charge is 2.09. The average molecular weight is 319 g/mol. The Hall–Kier alpha value is -2.01. The molecule has 1 aromatic carbocycles. The molecule has 0 fully saturated rings. The van der Waals surface area contributed by atoms with Crippen LogP contribution in [-0.4, -0.2) is 20.1 Å². The van der Waals surface area contributed by atoms with Gasteiger partial charge in [0.1, 0.15) is 0 Å². The number of carbonyl (C=O) groups excluding carboxylic acids is 1. The predicted molar refractivity (Wildman–Crippen MR) is 90.3 cm³/mol. The highest BCUT2D eigenvalue weighted by Crippen LogP contribution is 2.28. The zero-order valence-corrected chi connectivity index (χ0v) is 14.2. The van der Waals surface area contributed by atoms with E-state index < -0.39 is 0 Å². The summed E-state index contributed by atoms with van der Waals surface area (Å²) in [6.07, 6.45) is 1.10. The number of ether oxygens (including phenoxy) is 2. The molecule has 0 saturated carbocycles. The molecule has 1 aromatic heterocycles. The van der Waals surface area contributed by atoms with Gasteiger partial charge in [-0.25, -0.2) is 0 Å². The van der Waals surface area contributed by atoms with Gasteiger partial charge in [0.2, 0.25) is 5.91 Å². The molecule has 4 nitrogen and oxygen atoms in total. The Balaban J connectivity index is 1.93. The van der Waals surface area contributed by atoms with Crippen LogP contribution in [0.5, 0.6) is 11.5 Å². The lowest BCUT2D eigenvalue weighted by molar-refractivity contribution is -0.116. The summed E-state index contributed by atoms with van der Waals surface area (Å²) in [5.41, 5.74) is 2.26. The van der Waals surface area contributed by atoms with Crippen LogP contribution in [0, 0.1) is 13.8 Å².